The van der Waals surface area contributed by atoms with Crippen LogP contribution >= 0.6 is 11.6 Å². The van der Waals surface area contributed by atoms with Gasteiger partial charge in [0.25, 0.3) is 5.91 Å². The number of carbonyl (C=O) groups is 1. The Morgan fingerprint density at radius 1 is 1.15 bits per heavy atom. The van der Waals surface area contributed by atoms with Crippen LogP contribution in [0.1, 0.15) is 11.3 Å². The van der Waals surface area contributed by atoms with E-state index in [9.17, 15) is 9.00 Å². The topological polar surface area (TPSA) is 73.2 Å². The SMILES string of the molecule is O=C(COc1ccc(Cl)cc1)Nc1c2c(nn1-c1ccccc1)CS(=O)C2. The van der Waals surface area contributed by atoms with Gasteiger partial charge in [0.2, 0.25) is 0 Å². The van der Waals surface area contributed by atoms with Crippen molar-refractivity contribution in [3.63, 3.8) is 0 Å². The molecule has 0 fully saturated rings. The van der Waals surface area contributed by atoms with Crippen LogP contribution in [-0.4, -0.2) is 26.5 Å². The van der Waals surface area contributed by atoms with E-state index in [0.29, 0.717) is 28.1 Å². The molecule has 1 unspecified atom stereocenters. The van der Waals surface area contributed by atoms with Gasteiger partial charge in [0.15, 0.2) is 6.61 Å². The standard InChI is InChI=1S/C19H16ClN3O3S/c20-13-6-8-15(9-7-13)26-10-18(24)21-19-16-11-27(25)12-17(16)22-23(19)14-4-2-1-3-5-14/h1-9H,10-12H2,(H,21,24). The van der Waals surface area contributed by atoms with Gasteiger partial charge in [0, 0.05) is 21.4 Å². The van der Waals surface area contributed by atoms with E-state index in [2.05, 4.69) is 10.4 Å². The minimum absolute atomic E-state index is 0.153. The number of para-hydroxylation sites is 1. The Labute approximate surface area is 163 Å². The van der Waals surface area contributed by atoms with Crippen molar-refractivity contribution < 1.29 is 13.7 Å². The molecular weight excluding hydrogens is 386 g/mol. The third-order valence-electron chi connectivity index (χ3n) is 4.11. The van der Waals surface area contributed by atoms with E-state index in [1.165, 1.54) is 0 Å². The van der Waals surface area contributed by atoms with Gasteiger partial charge in [0.1, 0.15) is 11.6 Å². The first kappa shape index (κ1) is 17.8. The zero-order valence-corrected chi connectivity index (χ0v) is 15.8. The van der Waals surface area contributed by atoms with Gasteiger partial charge in [-0.3, -0.25) is 9.00 Å². The number of halogens is 1. The highest BCUT2D eigenvalue weighted by Gasteiger charge is 2.28. The Morgan fingerprint density at radius 2 is 1.89 bits per heavy atom. The monoisotopic (exact) mass is 401 g/mol. The van der Waals surface area contributed by atoms with Crippen LogP contribution in [0.5, 0.6) is 5.75 Å². The van der Waals surface area contributed by atoms with Gasteiger partial charge in [-0.1, -0.05) is 29.8 Å². The van der Waals surface area contributed by atoms with Crippen molar-refractivity contribution in [1.29, 1.82) is 0 Å². The molecule has 8 heteroatoms. The molecule has 0 radical (unpaired) electrons. The molecule has 2 aromatic carbocycles. The molecule has 0 bridgehead atoms. The lowest BCUT2D eigenvalue weighted by atomic mass is 10.2. The molecule has 0 saturated heterocycles. The molecule has 1 aromatic heterocycles. The second-order valence-corrected chi connectivity index (χ2v) is 7.93. The molecule has 0 saturated carbocycles. The Bertz CT molecular complexity index is 1000. The summed E-state index contributed by atoms with van der Waals surface area (Å²) in [4.78, 5) is 12.4. The number of nitrogens with one attached hydrogen (secondary N) is 1. The smallest absolute Gasteiger partial charge is 0.263 e. The first-order valence-corrected chi connectivity index (χ1v) is 10.2. The van der Waals surface area contributed by atoms with Crippen LogP contribution < -0.4 is 10.1 Å². The van der Waals surface area contributed by atoms with Gasteiger partial charge >= 0.3 is 0 Å². The summed E-state index contributed by atoms with van der Waals surface area (Å²) in [5.41, 5.74) is 2.40. The molecule has 1 aliphatic rings. The second-order valence-electron chi connectivity index (χ2n) is 6.04. The van der Waals surface area contributed by atoms with Crippen LogP contribution in [0.2, 0.25) is 5.02 Å². The van der Waals surface area contributed by atoms with E-state index < -0.39 is 10.8 Å². The van der Waals surface area contributed by atoms with Gasteiger partial charge < -0.3 is 10.1 Å². The van der Waals surface area contributed by atoms with E-state index in [-0.39, 0.29) is 12.5 Å². The summed E-state index contributed by atoms with van der Waals surface area (Å²) in [7, 11) is -0.985. The second kappa shape index (κ2) is 7.54. The summed E-state index contributed by atoms with van der Waals surface area (Å²) < 4.78 is 19.1. The van der Waals surface area contributed by atoms with Crippen LogP contribution in [0.15, 0.2) is 54.6 Å². The Morgan fingerprint density at radius 3 is 2.63 bits per heavy atom. The van der Waals surface area contributed by atoms with Crippen molar-refractivity contribution >= 4 is 34.1 Å². The normalized spacial score (nSPS) is 15.4. The average Bonchev–Trinajstić information content (AvgIpc) is 3.19. The van der Waals surface area contributed by atoms with Crippen LogP contribution in [0.4, 0.5) is 5.82 Å². The zero-order chi connectivity index (χ0) is 18.8. The van der Waals surface area contributed by atoms with E-state index in [1.807, 2.05) is 30.3 Å². The fourth-order valence-corrected chi connectivity index (χ4v) is 4.25. The van der Waals surface area contributed by atoms with Crippen molar-refractivity contribution in [2.45, 2.75) is 11.5 Å². The number of carbonyl (C=O) groups excluding carboxylic acids is 1. The summed E-state index contributed by atoms with van der Waals surface area (Å²) in [6, 6.07) is 16.3. The third-order valence-corrected chi connectivity index (χ3v) is 5.57. The van der Waals surface area contributed by atoms with Crippen molar-refractivity contribution in [1.82, 2.24) is 9.78 Å². The lowest BCUT2D eigenvalue weighted by molar-refractivity contribution is -0.118. The average molecular weight is 402 g/mol. The molecule has 1 atom stereocenters. The number of hydrogen-bond donors (Lipinski definition) is 1. The maximum absolute atomic E-state index is 12.4. The maximum atomic E-state index is 12.4. The Balaban J connectivity index is 1.54. The highest BCUT2D eigenvalue weighted by molar-refractivity contribution is 7.83. The number of aromatic nitrogens is 2. The highest BCUT2D eigenvalue weighted by Crippen LogP contribution is 2.31. The summed E-state index contributed by atoms with van der Waals surface area (Å²) in [5, 5.41) is 8.01. The number of amides is 1. The molecule has 1 aliphatic heterocycles. The number of fused-ring (bicyclic) bond motifs is 1. The number of rotatable bonds is 5. The lowest BCUT2D eigenvalue weighted by Crippen LogP contribution is -2.22. The Kier molecular flexibility index (Phi) is 4.96. The number of nitrogens with zero attached hydrogens (tertiary/aromatic N) is 2. The van der Waals surface area contributed by atoms with Crippen LogP contribution in [0.25, 0.3) is 5.69 Å². The van der Waals surface area contributed by atoms with Gasteiger partial charge in [-0.15, -0.1) is 0 Å². The highest BCUT2D eigenvalue weighted by atomic mass is 35.5. The minimum atomic E-state index is -0.985. The molecule has 4 rings (SSSR count). The van der Waals surface area contributed by atoms with Gasteiger partial charge in [-0.05, 0) is 36.4 Å². The van der Waals surface area contributed by atoms with Gasteiger partial charge in [0.05, 0.1) is 22.9 Å². The molecule has 138 valence electrons. The van der Waals surface area contributed by atoms with Crippen molar-refractivity contribution in [2.75, 3.05) is 11.9 Å². The first-order chi connectivity index (χ1) is 13.1. The quantitative estimate of drug-likeness (QED) is 0.711. The molecule has 0 aliphatic carbocycles. The molecule has 1 N–H and O–H groups in total. The maximum Gasteiger partial charge on any atom is 0.263 e. The largest absolute Gasteiger partial charge is 0.484 e. The van der Waals surface area contributed by atoms with Crippen molar-refractivity contribution in [2.24, 2.45) is 0 Å². The summed E-state index contributed by atoms with van der Waals surface area (Å²) >= 11 is 5.84. The number of anilines is 1. The molecule has 2 heterocycles. The molecule has 27 heavy (non-hydrogen) atoms. The van der Waals surface area contributed by atoms with E-state index in [4.69, 9.17) is 16.3 Å². The predicted molar refractivity (Wildman–Crippen MR) is 105 cm³/mol. The van der Waals surface area contributed by atoms with Crippen molar-refractivity contribution in [3.8, 4) is 11.4 Å². The minimum Gasteiger partial charge on any atom is -0.484 e. The summed E-state index contributed by atoms with van der Waals surface area (Å²) in [6.45, 7) is -0.153. The Hall–Kier alpha value is -2.64. The van der Waals surface area contributed by atoms with Crippen molar-refractivity contribution in [3.05, 3.63) is 70.9 Å². The van der Waals surface area contributed by atoms with Gasteiger partial charge in [-0.2, -0.15) is 5.10 Å². The molecule has 1 amide bonds. The van der Waals surface area contributed by atoms with E-state index >= 15 is 0 Å². The summed E-state index contributed by atoms with van der Waals surface area (Å²) in [6.07, 6.45) is 0. The molecule has 6 nitrogen and oxygen atoms in total. The number of hydrogen-bond acceptors (Lipinski definition) is 4. The first-order valence-electron chi connectivity index (χ1n) is 8.29. The fourth-order valence-electron chi connectivity index (χ4n) is 2.86. The zero-order valence-electron chi connectivity index (χ0n) is 14.2. The molecular formula is C19H16ClN3O3S. The predicted octanol–water partition coefficient (Wildman–Crippen LogP) is 3.31. The van der Waals surface area contributed by atoms with E-state index in [1.54, 1.807) is 28.9 Å². The van der Waals surface area contributed by atoms with Crippen LogP contribution in [0.3, 0.4) is 0 Å². The van der Waals surface area contributed by atoms with Crippen LogP contribution in [0, 0.1) is 0 Å². The summed E-state index contributed by atoms with van der Waals surface area (Å²) in [5.74, 6) is 1.57. The van der Waals surface area contributed by atoms with Gasteiger partial charge in [-0.25, -0.2) is 4.68 Å². The molecule has 0 spiro atoms. The fraction of sp³-hybridized carbons (Fsp3) is 0.158. The number of benzene rings is 2. The third kappa shape index (κ3) is 3.89. The molecule has 3 aromatic rings. The van der Waals surface area contributed by atoms with Crippen LogP contribution in [-0.2, 0) is 27.1 Å². The number of ether oxygens (including phenoxy) is 1. The lowest BCUT2D eigenvalue weighted by Gasteiger charge is -2.11. The van der Waals surface area contributed by atoms with E-state index in [0.717, 1.165) is 16.9 Å².